The van der Waals surface area contributed by atoms with Gasteiger partial charge in [0.1, 0.15) is 5.58 Å². The Kier molecular flexibility index (Phi) is 4.85. The summed E-state index contributed by atoms with van der Waals surface area (Å²) in [4.78, 5) is 24.4. The summed E-state index contributed by atoms with van der Waals surface area (Å²) in [5, 5.41) is 3.63. The average Bonchev–Trinajstić information content (AvgIpc) is 3.31. The Bertz CT molecular complexity index is 747. The fourth-order valence-corrected chi connectivity index (χ4v) is 2.42. The molecular weight excluding hydrogens is 310 g/mol. The Morgan fingerprint density at radius 3 is 2.79 bits per heavy atom. The summed E-state index contributed by atoms with van der Waals surface area (Å²) in [7, 11) is 0. The second-order valence-corrected chi connectivity index (χ2v) is 5.87. The first-order chi connectivity index (χ1) is 11.6. The van der Waals surface area contributed by atoms with Crippen LogP contribution in [-0.2, 0) is 20.9 Å². The van der Waals surface area contributed by atoms with Crippen LogP contribution in [-0.4, -0.2) is 30.6 Å². The van der Waals surface area contributed by atoms with Gasteiger partial charge in [-0.1, -0.05) is 18.2 Å². The molecule has 1 aromatic heterocycles. The fraction of sp³-hybridized carbons (Fsp3) is 0.444. The summed E-state index contributed by atoms with van der Waals surface area (Å²) >= 11 is 0. The van der Waals surface area contributed by atoms with Gasteiger partial charge in [-0.15, -0.1) is 0 Å². The topological polar surface area (TPSA) is 77.8 Å². The normalized spacial score (nSPS) is 15.2. The zero-order chi connectivity index (χ0) is 17.1. The average molecular weight is 331 g/mol. The van der Waals surface area contributed by atoms with Crippen molar-refractivity contribution in [3.63, 3.8) is 0 Å². The third-order valence-corrected chi connectivity index (χ3v) is 3.91. The van der Waals surface area contributed by atoms with Gasteiger partial charge in [0.15, 0.2) is 6.10 Å². The van der Waals surface area contributed by atoms with Crippen molar-refractivity contribution >= 4 is 22.8 Å². The van der Waals surface area contributed by atoms with Crippen LogP contribution in [0.25, 0.3) is 11.0 Å². The summed E-state index contributed by atoms with van der Waals surface area (Å²) in [5.41, 5.74) is 1.24. The number of rotatable bonds is 7. The van der Waals surface area contributed by atoms with Crippen molar-refractivity contribution in [2.75, 3.05) is 6.61 Å². The maximum atomic E-state index is 12.5. The first-order valence-corrected chi connectivity index (χ1v) is 8.19. The molecule has 6 nitrogen and oxygen atoms in total. The molecule has 1 N–H and O–H groups in total. The van der Waals surface area contributed by atoms with Gasteiger partial charge in [0, 0.05) is 23.6 Å². The first-order valence-electron chi connectivity index (χ1n) is 8.19. The number of hydrogen-bond acceptors (Lipinski definition) is 5. The van der Waals surface area contributed by atoms with Crippen molar-refractivity contribution in [2.45, 2.75) is 45.4 Å². The van der Waals surface area contributed by atoms with Crippen molar-refractivity contribution < 1.29 is 23.5 Å². The number of ether oxygens (including phenoxy) is 2. The molecule has 2 aromatic rings. The van der Waals surface area contributed by atoms with E-state index in [1.165, 1.54) is 0 Å². The highest BCUT2D eigenvalue weighted by atomic mass is 16.6. The maximum absolute atomic E-state index is 12.5. The molecule has 1 aliphatic carbocycles. The van der Waals surface area contributed by atoms with Crippen molar-refractivity contribution in [2.24, 2.45) is 0 Å². The van der Waals surface area contributed by atoms with Gasteiger partial charge in [-0.2, -0.15) is 0 Å². The fourth-order valence-electron chi connectivity index (χ4n) is 2.42. The van der Waals surface area contributed by atoms with Gasteiger partial charge < -0.3 is 19.2 Å². The third-order valence-electron chi connectivity index (χ3n) is 3.91. The Morgan fingerprint density at radius 1 is 1.33 bits per heavy atom. The number of carbonyl (C=O) groups excluding carboxylic acids is 2. The van der Waals surface area contributed by atoms with Crippen molar-refractivity contribution in [1.29, 1.82) is 0 Å². The lowest BCUT2D eigenvalue weighted by atomic mass is 10.1. The van der Waals surface area contributed by atoms with E-state index in [0.29, 0.717) is 17.8 Å². The van der Waals surface area contributed by atoms with Crippen LogP contribution >= 0.6 is 0 Å². The molecule has 0 unspecified atom stereocenters. The van der Waals surface area contributed by atoms with Crippen molar-refractivity contribution in [3.8, 4) is 0 Å². The minimum atomic E-state index is -0.869. The van der Waals surface area contributed by atoms with E-state index in [1.807, 2.05) is 25.1 Å². The van der Waals surface area contributed by atoms with Gasteiger partial charge in [-0.05, 0) is 32.8 Å². The standard InChI is InChI=1S/C18H21NO5/c1-3-22-10-14-13-6-4-5-7-15(13)24-16(14)18(21)23-11(2)17(20)19-12-8-9-12/h4-7,11-12H,3,8-10H2,1-2H3,(H,19,20)/t11-/m1/s1. The first kappa shape index (κ1) is 16.5. The molecule has 128 valence electrons. The molecule has 0 radical (unpaired) electrons. The minimum Gasteiger partial charge on any atom is -0.449 e. The maximum Gasteiger partial charge on any atom is 0.375 e. The van der Waals surface area contributed by atoms with Crippen molar-refractivity contribution in [3.05, 3.63) is 35.6 Å². The highest BCUT2D eigenvalue weighted by Crippen LogP contribution is 2.27. The number of nitrogens with one attached hydrogen (secondary N) is 1. The second kappa shape index (κ2) is 7.05. The predicted molar refractivity (Wildman–Crippen MR) is 87.6 cm³/mol. The summed E-state index contributed by atoms with van der Waals surface area (Å²) in [6.45, 7) is 4.21. The van der Waals surface area contributed by atoms with Gasteiger partial charge in [-0.3, -0.25) is 4.79 Å². The van der Waals surface area contributed by atoms with E-state index in [-0.39, 0.29) is 24.3 Å². The zero-order valence-corrected chi connectivity index (χ0v) is 13.8. The van der Waals surface area contributed by atoms with E-state index in [2.05, 4.69) is 5.32 Å². The van der Waals surface area contributed by atoms with E-state index >= 15 is 0 Å². The van der Waals surface area contributed by atoms with Gasteiger partial charge in [-0.25, -0.2) is 4.79 Å². The Labute approximate surface area is 140 Å². The van der Waals surface area contributed by atoms with Crippen LogP contribution in [0.4, 0.5) is 0 Å². The van der Waals surface area contributed by atoms with Crippen LogP contribution in [0.1, 0.15) is 42.8 Å². The lowest BCUT2D eigenvalue weighted by molar-refractivity contribution is -0.129. The summed E-state index contributed by atoms with van der Waals surface area (Å²) < 4.78 is 16.4. The van der Waals surface area contributed by atoms with Gasteiger partial charge >= 0.3 is 5.97 Å². The molecule has 1 amide bonds. The lowest BCUT2D eigenvalue weighted by Gasteiger charge is -2.12. The molecule has 1 fully saturated rings. The highest BCUT2D eigenvalue weighted by molar-refractivity contribution is 5.97. The van der Waals surface area contributed by atoms with Gasteiger partial charge in [0.05, 0.1) is 6.61 Å². The number of hydrogen-bond donors (Lipinski definition) is 1. The number of fused-ring (bicyclic) bond motifs is 1. The number of para-hydroxylation sites is 1. The molecule has 0 spiro atoms. The Morgan fingerprint density at radius 2 is 2.08 bits per heavy atom. The molecule has 6 heteroatoms. The molecule has 1 aliphatic rings. The van der Waals surface area contributed by atoms with Crippen LogP contribution < -0.4 is 5.32 Å². The zero-order valence-electron chi connectivity index (χ0n) is 13.8. The SMILES string of the molecule is CCOCc1c(C(=O)O[C@H](C)C(=O)NC2CC2)oc2ccccc12. The molecule has 1 heterocycles. The number of furan rings is 1. The third kappa shape index (κ3) is 3.59. The molecule has 1 saturated carbocycles. The van der Waals surface area contributed by atoms with E-state index in [9.17, 15) is 9.59 Å². The summed E-state index contributed by atoms with van der Waals surface area (Å²) in [6.07, 6.45) is 1.09. The van der Waals surface area contributed by atoms with E-state index < -0.39 is 12.1 Å². The number of benzene rings is 1. The van der Waals surface area contributed by atoms with Crippen LogP contribution in [0, 0.1) is 0 Å². The smallest absolute Gasteiger partial charge is 0.375 e. The van der Waals surface area contributed by atoms with Crippen molar-refractivity contribution in [1.82, 2.24) is 5.32 Å². The van der Waals surface area contributed by atoms with Crippen LogP contribution in [0.15, 0.2) is 28.7 Å². The highest BCUT2D eigenvalue weighted by Gasteiger charge is 2.29. The van der Waals surface area contributed by atoms with Crippen LogP contribution in [0.3, 0.4) is 0 Å². The summed E-state index contributed by atoms with van der Waals surface area (Å²) in [5.74, 6) is -0.844. The number of carbonyl (C=O) groups is 2. The molecule has 24 heavy (non-hydrogen) atoms. The Balaban J connectivity index is 1.78. The number of esters is 1. The predicted octanol–water partition coefficient (Wildman–Crippen LogP) is 2.79. The second-order valence-electron chi connectivity index (χ2n) is 5.87. The Hall–Kier alpha value is -2.34. The van der Waals surface area contributed by atoms with Gasteiger partial charge in [0.25, 0.3) is 5.91 Å². The largest absolute Gasteiger partial charge is 0.449 e. The van der Waals surface area contributed by atoms with Gasteiger partial charge in [0.2, 0.25) is 5.76 Å². The molecule has 1 atom stereocenters. The monoisotopic (exact) mass is 331 g/mol. The molecular formula is C18H21NO5. The van der Waals surface area contributed by atoms with E-state index in [0.717, 1.165) is 18.2 Å². The molecule has 3 rings (SSSR count). The number of amides is 1. The molecule has 1 aromatic carbocycles. The van der Waals surface area contributed by atoms with E-state index in [1.54, 1.807) is 13.0 Å². The van der Waals surface area contributed by atoms with Crippen LogP contribution in [0.2, 0.25) is 0 Å². The molecule has 0 saturated heterocycles. The quantitative estimate of drug-likeness (QED) is 0.789. The van der Waals surface area contributed by atoms with Crippen LogP contribution in [0.5, 0.6) is 0 Å². The van der Waals surface area contributed by atoms with E-state index in [4.69, 9.17) is 13.9 Å². The lowest BCUT2D eigenvalue weighted by Crippen LogP contribution is -2.37. The summed E-state index contributed by atoms with van der Waals surface area (Å²) in [6, 6.07) is 7.57. The molecule has 0 aliphatic heterocycles. The molecule has 0 bridgehead atoms. The minimum absolute atomic E-state index is 0.0933.